The van der Waals surface area contributed by atoms with Crippen molar-refractivity contribution in [1.29, 1.82) is 0 Å². The van der Waals surface area contributed by atoms with E-state index in [0.29, 0.717) is 19.7 Å². The summed E-state index contributed by atoms with van der Waals surface area (Å²) in [5, 5.41) is 15.7. The number of nitrogens with one attached hydrogen (secondary N) is 1. The van der Waals surface area contributed by atoms with E-state index in [9.17, 15) is 10.1 Å². The molecule has 1 aliphatic rings. The van der Waals surface area contributed by atoms with Gasteiger partial charge in [-0.25, -0.2) is 0 Å². The Labute approximate surface area is 109 Å². The van der Waals surface area contributed by atoms with E-state index in [-0.39, 0.29) is 16.0 Å². The van der Waals surface area contributed by atoms with Crippen LogP contribution in [0.25, 0.3) is 0 Å². The van der Waals surface area contributed by atoms with Gasteiger partial charge in [0.2, 0.25) is 0 Å². The monoisotopic (exact) mass is 272 g/mol. The molecule has 1 unspecified atom stereocenters. The molecule has 0 aromatic carbocycles. The first kappa shape index (κ1) is 13.4. The third-order valence-corrected chi connectivity index (χ3v) is 3.52. The van der Waals surface area contributed by atoms with Crippen molar-refractivity contribution in [2.24, 2.45) is 0 Å². The highest BCUT2D eigenvalue weighted by molar-refractivity contribution is 7.13. The topological polar surface area (TPSA) is 73.6 Å². The molecule has 1 aromatic rings. The second-order valence-corrected chi connectivity index (χ2v) is 5.52. The van der Waals surface area contributed by atoms with E-state index >= 15 is 0 Å². The van der Waals surface area contributed by atoms with E-state index in [1.807, 2.05) is 13.8 Å². The maximum absolute atomic E-state index is 10.5. The first-order valence-electron chi connectivity index (χ1n) is 5.70. The normalized spacial score (nSPS) is 22.2. The second kappa shape index (κ2) is 5.31. The lowest BCUT2D eigenvalue weighted by atomic mass is 10.3. The minimum atomic E-state index is -0.506. The summed E-state index contributed by atoms with van der Waals surface area (Å²) in [5.74, 6) is -0.506. The molecule has 0 spiro atoms. The van der Waals surface area contributed by atoms with Crippen LogP contribution in [0.2, 0.25) is 0 Å². The zero-order valence-corrected chi connectivity index (χ0v) is 11.2. The lowest BCUT2D eigenvalue weighted by molar-refractivity contribution is -0.380. The van der Waals surface area contributed by atoms with Gasteiger partial charge in [0.1, 0.15) is 0 Å². The first-order valence-corrected chi connectivity index (χ1v) is 6.58. The first-order chi connectivity index (χ1) is 8.46. The van der Waals surface area contributed by atoms with Gasteiger partial charge in [0.15, 0.2) is 5.79 Å². The van der Waals surface area contributed by atoms with Gasteiger partial charge in [0, 0.05) is 24.5 Å². The Hall–Kier alpha value is -1.02. The molecule has 0 aliphatic carbocycles. The standard InChI is InChI=1S/C11H16N2O4S/c1-11(2)16-6-9(17-11)5-12-4-8-3-10(13(14)15)18-7-8/h3,7,9,12H,4-6H2,1-2H3. The summed E-state index contributed by atoms with van der Waals surface area (Å²) in [4.78, 5) is 10.2. The highest BCUT2D eigenvalue weighted by atomic mass is 32.1. The predicted octanol–water partition coefficient (Wildman–Crippen LogP) is 1.90. The molecule has 6 nitrogen and oxygen atoms in total. The molecule has 7 heteroatoms. The maximum Gasteiger partial charge on any atom is 0.324 e. The maximum atomic E-state index is 10.5. The molecule has 0 radical (unpaired) electrons. The van der Waals surface area contributed by atoms with Gasteiger partial charge in [-0.2, -0.15) is 0 Å². The Morgan fingerprint density at radius 3 is 3.00 bits per heavy atom. The summed E-state index contributed by atoms with van der Waals surface area (Å²) in [7, 11) is 0. The van der Waals surface area contributed by atoms with E-state index < -0.39 is 5.79 Å². The van der Waals surface area contributed by atoms with Gasteiger partial charge in [-0.1, -0.05) is 11.3 Å². The van der Waals surface area contributed by atoms with Gasteiger partial charge in [0.05, 0.1) is 17.6 Å². The molecule has 1 aromatic heterocycles. The van der Waals surface area contributed by atoms with Gasteiger partial charge >= 0.3 is 5.00 Å². The minimum absolute atomic E-state index is 0.0358. The number of nitro groups is 1. The molecule has 100 valence electrons. The van der Waals surface area contributed by atoms with Crippen LogP contribution in [-0.4, -0.2) is 30.0 Å². The molecule has 1 aliphatic heterocycles. The van der Waals surface area contributed by atoms with Crippen LogP contribution >= 0.6 is 11.3 Å². The largest absolute Gasteiger partial charge is 0.348 e. The van der Waals surface area contributed by atoms with Gasteiger partial charge in [-0.3, -0.25) is 10.1 Å². The van der Waals surface area contributed by atoms with Gasteiger partial charge in [0.25, 0.3) is 0 Å². The number of hydrogen-bond acceptors (Lipinski definition) is 6. The predicted molar refractivity (Wildman–Crippen MR) is 67.6 cm³/mol. The number of rotatable bonds is 5. The Kier molecular flexibility index (Phi) is 3.96. The highest BCUT2D eigenvalue weighted by Gasteiger charge is 2.32. The summed E-state index contributed by atoms with van der Waals surface area (Å²) in [5.41, 5.74) is 0.921. The van der Waals surface area contributed by atoms with Crippen LogP contribution in [0.3, 0.4) is 0 Å². The lowest BCUT2D eigenvalue weighted by Gasteiger charge is -2.17. The van der Waals surface area contributed by atoms with Crippen molar-refractivity contribution < 1.29 is 14.4 Å². The summed E-state index contributed by atoms with van der Waals surface area (Å²) in [6, 6.07) is 1.59. The lowest BCUT2D eigenvalue weighted by Crippen LogP contribution is -2.30. The third kappa shape index (κ3) is 3.49. The molecule has 1 fully saturated rings. The van der Waals surface area contributed by atoms with Crippen LogP contribution in [0.15, 0.2) is 11.4 Å². The molecule has 2 rings (SSSR count). The van der Waals surface area contributed by atoms with Crippen molar-refractivity contribution in [1.82, 2.24) is 5.32 Å². The molecular weight excluding hydrogens is 256 g/mol. The van der Waals surface area contributed by atoms with Crippen molar-refractivity contribution in [3.63, 3.8) is 0 Å². The molecule has 1 saturated heterocycles. The van der Waals surface area contributed by atoms with Crippen molar-refractivity contribution in [3.05, 3.63) is 27.1 Å². The number of hydrogen-bond donors (Lipinski definition) is 1. The molecule has 18 heavy (non-hydrogen) atoms. The molecule has 2 heterocycles. The van der Waals surface area contributed by atoms with Crippen LogP contribution in [-0.2, 0) is 16.0 Å². The van der Waals surface area contributed by atoms with Crippen LogP contribution in [0.4, 0.5) is 5.00 Å². The summed E-state index contributed by atoms with van der Waals surface area (Å²) in [6.45, 7) is 5.62. The highest BCUT2D eigenvalue weighted by Crippen LogP contribution is 2.23. The Balaban J connectivity index is 1.74. The average Bonchev–Trinajstić information content (AvgIpc) is 2.86. The van der Waals surface area contributed by atoms with Crippen LogP contribution < -0.4 is 5.32 Å². The van der Waals surface area contributed by atoms with Gasteiger partial charge < -0.3 is 14.8 Å². The Bertz CT molecular complexity index is 432. The second-order valence-electron chi connectivity index (χ2n) is 4.63. The number of thiophene rings is 1. The number of nitrogens with zero attached hydrogens (tertiary/aromatic N) is 1. The van der Waals surface area contributed by atoms with E-state index in [0.717, 1.165) is 16.9 Å². The number of ether oxygens (including phenoxy) is 2. The van der Waals surface area contributed by atoms with Crippen LogP contribution in [0.5, 0.6) is 0 Å². The van der Waals surface area contributed by atoms with E-state index in [1.165, 1.54) is 0 Å². The smallest absolute Gasteiger partial charge is 0.324 e. The summed E-state index contributed by atoms with van der Waals surface area (Å²) >= 11 is 1.15. The molecule has 1 atom stereocenters. The van der Waals surface area contributed by atoms with Crippen molar-refractivity contribution >= 4 is 16.3 Å². The van der Waals surface area contributed by atoms with Crippen LogP contribution in [0.1, 0.15) is 19.4 Å². The van der Waals surface area contributed by atoms with Crippen molar-refractivity contribution in [3.8, 4) is 0 Å². The fraction of sp³-hybridized carbons (Fsp3) is 0.636. The SMILES string of the molecule is CC1(C)OCC(CNCc2csc([N+](=O)[O-])c2)O1. The molecule has 0 amide bonds. The molecule has 1 N–H and O–H groups in total. The van der Waals surface area contributed by atoms with E-state index in [1.54, 1.807) is 11.4 Å². The molecule has 0 bridgehead atoms. The fourth-order valence-electron chi connectivity index (χ4n) is 1.79. The molecule has 0 saturated carbocycles. The Morgan fingerprint density at radius 1 is 1.67 bits per heavy atom. The quantitative estimate of drug-likeness (QED) is 0.654. The minimum Gasteiger partial charge on any atom is -0.348 e. The molecular formula is C11H16N2O4S. The summed E-state index contributed by atoms with van der Waals surface area (Å²) in [6.07, 6.45) is 0.0358. The summed E-state index contributed by atoms with van der Waals surface area (Å²) < 4.78 is 11.1. The van der Waals surface area contributed by atoms with Gasteiger partial charge in [-0.05, 0) is 19.4 Å². The van der Waals surface area contributed by atoms with Crippen LogP contribution in [0, 0.1) is 10.1 Å². The average molecular weight is 272 g/mol. The van der Waals surface area contributed by atoms with Crippen molar-refractivity contribution in [2.45, 2.75) is 32.3 Å². The fourth-order valence-corrected chi connectivity index (χ4v) is 2.52. The zero-order chi connectivity index (χ0) is 13.2. The zero-order valence-electron chi connectivity index (χ0n) is 10.3. The van der Waals surface area contributed by atoms with Gasteiger partial charge in [-0.15, -0.1) is 0 Å². The van der Waals surface area contributed by atoms with E-state index in [2.05, 4.69) is 5.32 Å². The van der Waals surface area contributed by atoms with E-state index in [4.69, 9.17) is 9.47 Å². The Morgan fingerprint density at radius 2 is 2.44 bits per heavy atom. The van der Waals surface area contributed by atoms with Crippen molar-refractivity contribution in [2.75, 3.05) is 13.2 Å². The third-order valence-electron chi connectivity index (χ3n) is 2.59.